The van der Waals surface area contributed by atoms with Crippen molar-refractivity contribution < 1.29 is 0 Å². The molecule has 0 radical (unpaired) electrons. The third-order valence-corrected chi connectivity index (χ3v) is 3.99. The Labute approximate surface area is 102 Å². The van der Waals surface area contributed by atoms with E-state index in [4.69, 9.17) is 0 Å². The molecule has 2 heteroatoms. The highest BCUT2D eigenvalue weighted by Gasteiger charge is 2.26. The monoisotopic (exact) mass is 226 g/mol. The van der Waals surface area contributed by atoms with E-state index in [-0.39, 0.29) is 0 Å². The van der Waals surface area contributed by atoms with Gasteiger partial charge < -0.3 is 10.6 Å². The highest BCUT2D eigenvalue weighted by Crippen LogP contribution is 2.20. The molecule has 1 aliphatic carbocycles. The van der Waals surface area contributed by atoms with Crippen LogP contribution in [-0.4, -0.2) is 24.2 Å². The Morgan fingerprint density at radius 3 is 1.56 bits per heavy atom. The lowest BCUT2D eigenvalue weighted by atomic mass is 9.89. The molecule has 0 spiro atoms. The Morgan fingerprint density at radius 2 is 1.25 bits per heavy atom. The van der Waals surface area contributed by atoms with Crippen LogP contribution in [0.25, 0.3) is 0 Å². The summed E-state index contributed by atoms with van der Waals surface area (Å²) in [6, 6.07) is 2.70. The van der Waals surface area contributed by atoms with Crippen molar-refractivity contribution in [3.05, 3.63) is 0 Å². The smallest absolute Gasteiger partial charge is 0.0223 e. The van der Waals surface area contributed by atoms with E-state index in [9.17, 15) is 0 Å². The minimum absolute atomic E-state index is 0.657. The normalized spacial score (nSPS) is 30.0. The van der Waals surface area contributed by atoms with Crippen LogP contribution >= 0.6 is 0 Å². The van der Waals surface area contributed by atoms with Crippen LogP contribution < -0.4 is 10.6 Å². The zero-order valence-electron chi connectivity index (χ0n) is 11.6. The molecule has 0 aliphatic heterocycles. The lowest BCUT2D eigenvalue weighted by molar-refractivity contribution is 0.249. The van der Waals surface area contributed by atoms with Gasteiger partial charge in [-0.3, -0.25) is 0 Å². The van der Waals surface area contributed by atoms with Crippen LogP contribution in [-0.2, 0) is 0 Å². The van der Waals surface area contributed by atoms with E-state index >= 15 is 0 Å². The van der Waals surface area contributed by atoms with E-state index in [2.05, 4.69) is 38.3 Å². The van der Waals surface area contributed by atoms with Gasteiger partial charge in [0.25, 0.3) is 0 Å². The van der Waals surface area contributed by atoms with Crippen LogP contribution in [0.1, 0.15) is 66.2 Å². The molecule has 2 unspecified atom stereocenters. The van der Waals surface area contributed by atoms with Crippen molar-refractivity contribution >= 4 is 0 Å². The molecule has 1 rings (SSSR count). The molecule has 0 aromatic carbocycles. The van der Waals surface area contributed by atoms with Crippen LogP contribution in [0, 0.1) is 0 Å². The van der Waals surface area contributed by atoms with Crippen molar-refractivity contribution in [2.24, 2.45) is 0 Å². The average Bonchev–Trinajstić information content (AvgIpc) is 2.31. The zero-order valence-corrected chi connectivity index (χ0v) is 11.6. The quantitative estimate of drug-likeness (QED) is 0.727. The van der Waals surface area contributed by atoms with Gasteiger partial charge in [-0.25, -0.2) is 0 Å². The SMILES string of the molecule is CCC(C)N[C@H]1CCCC[C@@H]1NC(C)CC. The Bertz CT molecular complexity index is 162. The van der Waals surface area contributed by atoms with Crippen molar-refractivity contribution in [1.29, 1.82) is 0 Å². The Morgan fingerprint density at radius 1 is 0.875 bits per heavy atom. The van der Waals surface area contributed by atoms with Gasteiger partial charge in [-0.2, -0.15) is 0 Å². The summed E-state index contributed by atoms with van der Waals surface area (Å²) in [5.41, 5.74) is 0. The summed E-state index contributed by atoms with van der Waals surface area (Å²) in [6.07, 6.45) is 7.94. The molecule has 0 heterocycles. The highest BCUT2D eigenvalue weighted by atomic mass is 15.1. The minimum Gasteiger partial charge on any atom is -0.310 e. The maximum absolute atomic E-state index is 3.79. The molecule has 1 saturated carbocycles. The standard InChI is InChI=1S/C14H30N2/c1-5-11(3)15-13-9-7-8-10-14(13)16-12(4)6-2/h11-16H,5-10H2,1-4H3/t11?,12?,13-,14-/m0/s1. The lowest BCUT2D eigenvalue weighted by Crippen LogP contribution is -2.54. The molecular weight excluding hydrogens is 196 g/mol. The van der Waals surface area contributed by atoms with Gasteiger partial charge >= 0.3 is 0 Å². The molecule has 96 valence electrons. The third kappa shape index (κ3) is 4.42. The van der Waals surface area contributed by atoms with E-state index in [1.807, 2.05) is 0 Å². The van der Waals surface area contributed by atoms with Crippen molar-refractivity contribution in [2.75, 3.05) is 0 Å². The molecule has 4 atom stereocenters. The Balaban J connectivity index is 2.43. The van der Waals surface area contributed by atoms with Crippen LogP contribution in [0.2, 0.25) is 0 Å². The van der Waals surface area contributed by atoms with Crippen LogP contribution in [0.4, 0.5) is 0 Å². The van der Waals surface area contributed by atoms with Gasteiger partial charge in [-0.05, 0) is 39.5 Å². The van der Waals surface area contributed by atoms with E-state index in [0.717, 1.165) is 0 Å². The first-order valence-corrected chi connectivity index (χ1v) is 7.19. The maximum atomic E-state index is 3.79. The molecule has 1 aliphatic rings. The van der Waals surface area contributed by atoms with Gasteiger partial charge in [-0.15, -0.1) is 0 Å². The Hall–Kier alpha value is -0.0800. The summed E-state index contributed by atoms with van der Waals surface area (Å²) in [5.74, 6) is 0. The van der Waals surface area contributed by atoms with Gasteiger partial charge in [0.1, 0.15) is 0 Å². The predicted octanol–water partition coefficient (Wildman–Crippen LogP) is 3.07. The van der Waals surface area contributed by atoms with Crippen LogP contribution in [0.15, 0.2) is 0 Å². The molecule has 0 saturated heterocycles. The van der Waals surface area contributed by atoms with E-state index < -0.39 is 0 Å². The van der Waals surface area contributed by atoms with Gasteiger partial charge in [-0.1, -0.05) is 26.7 Å². The fourth-order valence-electron chi connectivity index (χ4n) is 2.50. The summed E-state index contributed by atoms with van der Waals surface area (Å²) in [7, 11) is 0. The van der Waals surface area contributed by atoms with Crippen LogP contribution in [0.5, 0.6) is 0 Å². The van der Waals surface area contributed by atoms with E-state index in [0.29, 0.717) is 24.2 Å². The van der Waals surface area contributed by atoms with E-state index in [1.54, 1.807) is 0 Å². The number of hydrogen-bond donors (Lipinski definition) is 2. The van der Waals surface area contributed by atoms with Gasteiger partial charge in [0.05, 0.1) is 0 Å². The highest BCUT2D eigenvalue weighted by molar-refractivity contribution is 4.88. The van der Waals surface area contributed by atoms with Crippen molar-refractivity contribution in [1.82, 2.24) is 10.6 Å². The van der Waals surface area contributed by atoms with Crippen molar-refractivity contribution in [3.63, 3.8) is 0 Å². The second-order valence-electron chi connectivity index (χ2n) is 5.45. The second-order valence-corrected chi connectivity index (χ2v) is 5.45. The summed E-state index contributed by atoms with van der Waals surface area (Å²) in [4.78, 5) is 0. The van der Waals surface area contributed by atoms with E-state index in [1.165, 1.54) is 38.5 Å². The number of hydrogen-bond acceptors (Lipinski definition) is 2. The first-order chi connectivity index (χ1) is 7.67. The third-order valence-electron chi connectivity index (χ3n) is 3.99. The first kappa shape index (κ1) is 14.0. The average molecular weight is 226 g/mol. The summed E-state index contributed by atoms with van der Waals surface area (Å²) >= 11 is 0. The fraction of sp³-hybridized carbons (Fsp3) is 1.00. The minimum atomic E-state index is 0.657. The molecule has 2 N–H and O–H groups in total. The molecule has 1 fully saturated rings. The first-order valence-electron chi connectivity index (χ1n) is 7.19. The molecule has 0 bridgehead atoms. The molecule has 16 heavy (non-hydrogen) atoms. The molecule has 0 aromatic rings. The Kier molecular flexibility index (Phi) is 6.37. The number of nitrogens with one attached hydrogen (secondary N) is 2. The topological polar surface area (TPSA) is 24.1 Å². The second kappa shape index (κ2) is 7.29. The predicted molar refractivity (Wildman–Crippen MR) is 71.8 cm³/mol. The van der Waals surface area contributed by atoms with Gasteiger partial charge in [0.2, 0.25) is 0 Å². The van der Waals surface area contributed by atoms with Gasteiger partial charge in [0.15, 0.2) is 0 Å². The fourth-order valence-corrected chi connectivity index (χ4v) is 2.50. The molecular formula is C14H30N2. The van der Waals surface area contributed by atoms with Crippen LogP contribution in [0.3, 0.4) is 0 Å². The summed E-state index contributed by atoms with van der Waals surface area (Å²) < 4.78 is 0. The zero-order chi connectivity index (χ0) is 12.0. The number of rotatable bonds is 6. The van der Waals surface area contributed by atoms with Crippen molar-refractivity contribution in [2.45, 2.75) is 90.4 Å². The summed E-state index contributed by atoms with van der Waals surface area (Å²) in [6.45, 7) is 9.12. The molecule has 2 nitrogen and oxygen atoms in total. The maximum Gasteiger partial charge on any atom is 0.0223 e. The molecule has 0 amide bonds. The van der Waals surface area contributed by atoms with Gasteiger partial charge in [0, 0.05) is 24.2 Å². The summed E-state index contributed by atoms with van der Waals surface area (Å²) in [5, 5.41) is 7.57. The lowest BCUT2D eigenvalue weighted by Gasteiger charge is -2.36. The molecule has 0 aromatic heterocycles. The van der Waals surface area contributed by atoms with Crippen molar-refractivity contribution in [3.8, 4) is 0 Å². The largest absolute Gasteiger partial charge is 0.310 e.